The van der Waals surface area contributed by atoms with Gasteiger partial charge in [0.2, 0.25) is 10.0 Å². The van der Waals surface area contributed by atoms with Gasteiger partial charge in [-0.3, -0.25) is 4.90 Å². The minimum Gasteiger partial charge on any atom is -0.379 e. The summed E-state index contributed by atoms with van der Waals surface area (Å²) in [5.74, 6) is 0.328. The Bertz CT molecular complexity index is 669. The molecule has 0 aliphatic carbocycles. The Balaban J connectivity index is 1.79. The van der Waals surface area contributed by atoms with Crippen molar-refractivity contribution in [1.82, 2.24) is 19.7 Å². The number of hydrogen-bond donors (Lipinski definition) is 1. The molecule has 3 heterocycles. The fraction of sp³-hybridized carbons (Fsp3) is 0.812. The van der Waals surface area contributed by atoms with Crippen LogP contribution < -0.4 is 4.72 Å². The molecule has 9 heteroatoms. The van der Waals surface area contributed by atoms with Crippen molar-refractivity contribution in [1.29, 1.82) is 0 Å². The van der Waals surface area contributed by atoms with Crippen molar-refractivity contribution >= 4 is 10.0 Å². The molecule has 0 radical (unpaired) electrons. The van der Waals surface area contributed by atoms with Gasteiger partial charge in [0.15, 0.2) is 5.76 Å². The molecule has 0 bridgehead atoms. The van der Waals surface area contributed by atoms with Gasteiger partial charge in [-0.05, 0) is 46.8 Å². The average Bonchev–Trinajstić information content (AvgIpc) is 2.95. The van der Waals surface area contributed by atoms with Gasteiger partial charge in [0.05, 0.1) is 13.2 Å². The van der Waals surface area contributed by atoms with Gasteiger partial charge < -0.3 is 14.2 Å². The zero-order chi connectivity index (χ0) is 18.1. The van der Waals surface area contributed by atoms with E-state index in [1.165, 1.54) is 0 Å². The van der Waals surface area contributed by atoms with Gasteiger partial charge in [-0.2, -0.15) is 0 Å². The lowest BCUT2D eigenvalue weighted by Crippen LogP contribution is -2.62. The van der Waals surface area contributed by atoms with Gasteiger partial charge in [0.1, 0.15) is 10.6 Å². The molecule has 25 heavy (non-hydrogen) atoms. The van der Waals surface area contributed by atoms with E-state index in [1.807, 2.05) is 0 Å². The van der Waals surface area contributed by atoms with Crippen molar-refractivity contribution in [3.05, 3.63) is 11.5 Å². The van der Waals surface area contributed by atoms with Gasteiger partial charge >= 0.3 is 0 Å². The van der Waals surface area contributed by atoms with Gasteiger partial charge in [0, 0.05) is 25.2 Å². The molecule has 2 aliphatic rings. The van der Waals surface area contributed by atoms with E-state index < -0.39 is 10.0 Å². The second-order valence-corrected chi connectivity index (χ2v) is 8.81. The molecule has 0 atom stereocenters. The zero-order valence-corrected chi connectivity index (χ0v) is 16.1. The molecule has 0 spiro atoms. The van der Waals surface area contributed by atoms with Crippen LogP contribution in [0, 0.1) is 13.8 Å². The molecule has 1 aromatic heterocycles. The first-order valence-corrected chi connectivity index (χ1v) is 10.3. The fourth-order valence-corrected chi connectivity index (χ4v) is 5.28. The molecule has 2 saturated heterocycles. The molecule has 2 fully saturated rings. The van der Waals surface area contributed by atoms with Crippen molar-refractivity contribution in [2.24, 2.45) is 0 Å². The lowest BCUT2D eigenvalue weighted by Gasteiger charge is -2.49. The summed E-state index contributed by atoms with van der Waals surface area (Å²) in [4.78, 5) is 4.86. The number of rotatable bonds is 5. The van der Waals surface area contributed by atoms with E-state index in [4.69, 9.17) is 9.26 Å². The van der Waals surface area contributed by atoms with Crippen LogP contribution in [0.25, 0.3) is 0 Å². The van der Waals surface area contributed by atoms with Gasteiger partial charge in [-0.25, -0.2) is 13.1 Å². The van der Waals surface area contributed by atoms with Crippen LogP contribution in [0.5, 0.6) is 0 Å². The predicted molar refractivity (Wildman–Crippen MR) is 93.0 cm³/mol. The highest BCUT2D eigenvalue weighted by molar-refractivity contribution is 7.89. The Kier molecular flexibility index (Phi) is 5.50. The number of nitrogens with one attached hydrogen (secondary N) is 1. The Morgan fingerprint density at radius 3 is 2.36 bits per heavy atom. The predicted octanol–water partition coefficient (Wildman–Crippen LogP) is 0.366. The van der Waals surface area contributed by atoms with E-state index in [-0.39, 0.29) is 10.4 Å². The van der Waals surface area contributed by atoms with Crippen LogP contribution in [0.2, 0.25) is 0 Å². The van der Waals surface area contributed by atoms with Gasteiger partial charge in [0.25, 0.3) is 0 Å². The summed E-state index contributed by atoms with van der Waals surface area (Å²) in [5.41, 5.74) is 0.233. The Labute approximate surface area is 149 Å². The normalized spacial score (nSPS) is 23.0. The highest BCUT2D eigenvalue weighted by Gasteiger charge is 2.41. The quantitative estimate of drug-likeness (QED) is 0.799. The van der Waals surface area contributed by atoms with Crippen molar-refractivity contribution in [3.8, 4) is 0 Å². The second kappa shape index (κ2) is 7.32. The third-order valence-corrected chi connectivity index (χ3v) is 7.07. The lowest BCUT2D eigenvalue weighted by atomic mass is 9.85. The number of aryl methyl sites for hydroxylation is 2. The number of hydrogen-bond acceptors (Lipinski definition) is 7. The van der Waals surface area contributed by atoms with Crippen LogP contribution in [-0.2, 0) is 14.8 Å². The maximum absolute atomic E-state index is 12.8. The highest BCUT2D eigenvalue weighted by Crippen LogP contribution is 2.30. The largest absolute Gasteiger partial charge is 0.379 e. The molecule has 3 rings (SSSR count). The molecule has 0 aromatic carbocycles. The summed E-state index contributed by atoms with van der Waals surface area (Å²) in [6.07, 6.45) is 1.88. The summed E-state index contributed by atoms with van der Waals surface area (Å²) < 4.78 is 38.9. The van der Waals surface area contributed by atoms with E-state index >= 15 is 0 Å². The molecule has 2 aliphatic heterocycles. The van der Waals surface area contributed by atoms with Gasteiger partial charge in [-0.15, -0.1) is 0 Å². The molecule has 0 amide bonds. The van der Waals surface area contributed by atoms with Crippen LogP contribution in [0.1, 0.15) is 24.3 Å². The van der Waals surface area contributed by atoms with Crippen molar-refractivity contribution in [2.45, 2.75) is 37.1 Å². The number of aromatic nitrogens is 1. The van der Waals surface area contributed by atoms with E-state index in [0.29, 0.717) is 31.2 Å². The van der Waals surface area contributed by atoms with Crippen molar-refractivity contribution in [3.63, 3.8) is 0 Å². The molecule has 0 saturated carbocycles. The number of likely N-dealkylation sites (tertiary alicyclic amines) is 1. The van der Waals surface area contributed by atoms with E-state index in [1.54, 1.807) is 13.8 Å². The minimum absolute atomic E-state index is 0.164. The summed E-state index contributed by atoms with van der Waals surface area (Å²) in [5, 5.41) is 3.77. The molecular formula is C16H28N4O4S. The highest BCUT2D eigenvalue weighted by atomic mass is 32.2. The Hall–Kier alpha value is -1.00. The maximum Gasteiger partial charge on any atom is 0.246 e. The van der Waals surface area contributed by atoms with E-state index in [0.717, 1.165) is 39.0 Å². The van der Waals surface area contributed by atoms with Crippen LogP contribution in [0.3, 0.4) is 0 Å². The molecular weight excluding hydrogens is 344 g/mol. The van der Waals surface area contributed by atoms with Crippen LogP contribution >= 0.6 is 0 Å². The monoisotopic (exact) mass is 372 g/mol. The summed E-state index contributed by atoms with van der Waals surface area (Å²) in [6, 6.07) is 0. The van der Waals surface area contributed by atoms with Crippen molar-refractivity contribution in [2.75, 3.05) is 53.0 Å². The zero-order valence-electron chi connectivity index (χ0n) is 15.2. The average molecular weight is 372 g/mol. The van der Waals surface area contributed by atoms with E-state index in [2.05, 4.69) is 26.7 Å². The second-order valence-electron chi connectivity index (χ2n) is 7.10. The molecule has 1 aromatic rings. The number of sulfonamides is 1. The molecule has 8 nitrogen and oxygen atoms in total. The third kappa shape index (κ3) is 3.90. The topological polar surface area (TPSA) is 87.9 Å². The fourth-order valence-electron chi connectivity index (χ4n) is 3.84. The summed E-state index contributed by atoms with van der Waals surface area (Å²) >= 11 is 0. The lowest BCUT2D eigenvalue weighted by molar-refractivity contribution is -0.0427. The molecule has 0 unspecified atom stereocenters. The minimum atomic E-state index is -3.65. The number of morpholine rings is 1. The SMILES string of the molecule is Cc1noc(C)c1S(=O)(=O)NCC1(N2CCOCC2)CCN(C)CC1. The third-order valence-electron chi connectivity index (χ3n) is 5.43. The summed E-state index contributed by atoms with van der Waals surface area (Å²) in [6.45, 7) is 8.69. The number of ether oxygens (including phenoxy) is 1. The standard InChI is InChI=1S/C16H28N4O4S/c1-13-15(14(2)24-18-13)25(21,22)17-12-16(4-6-19(3)7-5-16)20-8-10-23-11-9-20/h17H,4-12H2,1-3H3. The first kappa shape index (κ1) is 18.8. The van der Waals surface area contributed by atoms with Crippen LogP contribution in [0.4, 0.5) is 0 Å². The van der Waals surface area contributed by atoms with Crippen LogP contribution in [0.15, 0.2) is 9.42 Å². The van der Waals surface area contributed by atoms with Gasteiger partial charge in [-0.1, -0.05) is 5.16 Å². The van der Waals surface area contributed by atoms with E-state index in [9.17, 15) is 8.42 Å². The molecule has 1 N–H and O–H groups in total. The number of piperidine rings is 1. The Morgan fingerprint density at radius 1 is 1.16 bits per heavy atom. The Morgan fingerprint density at radius 2 is 1.80 bits per heavy atom. The van der Waals surface area contributed by atoms with Crippen LogP contribution in [-0.4, -0.2) is 81.9 Å². The number of nitrogens with zero attached hydrogens (tertiary/aromatic N) is 3. The van der Waals surface area contributed by atoms with Crippen molar-refractivity contribution < 1.29 is 17.7 Å². The first-order chi connectivity index (χ1) is 11.8. The summed E-state index contributed by atoms with van der Waals surface area (Å²) in [7, 11) is -1.54. The first-order valence-electron chi connectivity index (χ1n) is 8.78. The smallest absolute Gasteiger partial charge is 0.246 e. The maximum atomic E-state index is 12.8. The molecule has 142 valence electrons.